The average Bonchev–Trinajstić information content (AvgIpc) is 2.56. The predicted molar refractivity (Wildman–Crippen MR) is 93.3 cm³/mol. The van der Waals surface area contributed by atoms with Crippen LogP contribution in [0.5, 0.6) is 5.75 Å². The summed E-state index contributed by atoms with van der Waals surface area (Å²) in [7, 11) is 0. The molecule has 0 unspecified atom stereocenters. The van der Waals surface area contributed by atoms with Crippen LogP contribution in [0, 0.1) is 6.92 Å². The molecule has 0 aliphatic heterocycles. The molecular formula is C18H21N3O3. The van der Waals surface area contributed by atoms with E-state index in [0.717, 1.165) is 11.3 Å². The minimum atomic E-state index is -0.586. The van der Waals surface area contributed by atoms with Crippen LogP contribution in [0.15, 0.2) is 48.5 Å². The molecule has 2 aromatic carbocycles. The highest BCUT2D eigenvalue weighted by Gasteiger charge is 2.09. The maximum atomic E-state index is 11.9. The number of amides is 3. The van der Waals surface area contributed by atoms with E-state index in [1.54, 1.807) is 24.3 Å². The normalized spacial score (nSPS) is 10.0. The molecule has 0 aromatic heterocycles. The lowest BCUT2D eigenvalue weighted by molar-refractivity contribution is 0.100. The highest BCUT2D eigenvalue weighted by Crippen LogP contribution is 2.16. The second-order valence-corrected chi connectivity index (χ2v) is 5.26. The lowest BCUT2D eigenvalue weighted by Crippen LogP contribution is -2.31. The van der Waals surface area contributed by atoms with Gasteiger partial charge in [0, 0.05) is 6.54 Å². The fourth-order valence-electron chi connectivity index (χ4n) is 2.15. The third kappa shape index (κ3) is 5.01. The molecule has 4 N–H and O–H groups in total. The number of nitrogens with one attached hydrogen (secondary N) is 2. The monoisotopic (exact) mass is 327 g/mol. The van der Waals surface area contributed by atoms with Crippen molar-refractivity contribution in [1.29, 1.82) is 0 Å². The lowest BCUT2D eigenvalue weighted by Gasteiger charge is -2.11. The molecule has 0 radical (unpaired) electrons. The number of urea groups is 1. The second kappa shape index (κ2) is 8.57. The van der Waals surface area contributed by atoms with E-state index in [0.29, 0.717) is 25.3 Å². The highest BCUT2D eigenvalue weighted by molar-refractivity contribution is 6.02. The van der Waals surface area contributed by atoms with Crippen molar-refractivity contribution in [2.75, 3.05) is 18.5 Å². The molecular weight excluding hydrogens is 306 g/mol. The molecule has 0 spiro atoms. The lowest BCUT2D eigenvalue weighted by atomic mass is 10.1. The standard InChI is InChI=1S/C18H21N3O3/c1-13-7-2-5-10-16(13)24-12-6-11-20-18(23)21-15-9-4-3-8-14(15)17(19)22/h2-5,7-10H,6,11-12H2,1H3,(H2,19,22)(H2,20,21,23). The summed E-state index contributed by atoms with van der Waals surface area (Å²) in [6.07, 6.45) is 0.666. The van der Waals surface area contributed by atoms with Crippen molar-refractivity contribution < 1.29 is 14.3 Å². The number of hydrogen-bond acceptors (Lipinski definition) is 3. The third-order valence-corrected chi connectivity index (χ3v) is 3.40. The molecule has 0 aliphatic carbocycles. The van der Waals surface area contributed by atoms with Gasteiger partial charge >= 0.3 is 6.03 Å². The number of para-hydroxylation sites is 2. The first kappa shape index (κ1) is 17.3. The number of ether oxygens (including phenoxy) is 1. The first-order chi connectivity index (χ1) is 11.6. The third-order valence-electron chi connectivity index (χ3n) is 3.40. The van der Waals surface area contributed by atoms with E-state index in [-0.39, 0.29) is 11.6 Å². The molecule has 126 valence electrons. The van der Waals surface area contributed by atoms with Crippen molar-refractivity contribution in [1.82, 2.24) is 5.32 Å². The molecule has 2 aromatic rings. The van der Waals surface area contributed by atoms with E-state index in [4.69, 9.17) is 10.5 Å². The molecule has 6 nitrogen and oxygen atoms in total. The zero-order chi connectivity index (χ0) is 17.4. The van der Waals surface area contributed by atoms with Crippen LogP contribution in [0.1, 0.15) is 22.3 Å². The average molecular weight is 327 g/mol. The van der Waals surface area contributed by atoms with Gasteiger partial charge in [-0.05, 0) is 37.1 Å². The number of carbonyl (C=O) groups excluding carboxylic acids is 2. The Bertz CT molecular complexity index is 716. The molecule has 24 heavy (non-hydrogen) atoms. The Balaban J connectivity index is 1.72. The number of rotatable bonds is 7. The summed E-state index contributed by atoms with van der Waals surface area (Å²) in [5, 5.41) is 5.33. The van der Waals surface area contributed by atoms with Crippen molar-refractivity contribution in [2.45, 2.75) is 13.3 Å². The maximum absolute atomic E-state index is 11.9. The van der Waals surface area contributed by atoms with Crippen molar-refractivity contribution in [2.24, 2.45) is 5.73 Å². The van der Waals surface area contributed by atoms with Crippen LogP contribution in [0.25, 0.3) is 0 Å². The summed E-state index contributed by atoms with van der Waals surface area (Å²) in [5.41, 5.74) is 7.01. The predicted octanol–water partition coefficient (Wildman–Crippen LogP) is 2.68. The minimum absolute atomic E-state index is 0.274. The number of primary amides is 1. The van der Waals surface area contributed by atoms with E-state index in [2.05, 4.69) is 10.6 Å². The summed E-state index contributed by atoms with van der Waals surface area (Å²) in [5.74, 6) is 0.259. The van der Waals surface area contributed by atoms with Crippen LogP contribution in [-0.2, 0) is 0 Å². The second-order valence-electron chi connectivity index (χ2n) is 5.26. The van der Waals surface area contributed by atoms with Gasteiger partial charge in [-0.2, -0.15) is 0 Å². The van der Waals surface area contributed by atoms with Gasteiger partial charge in [-0.25, -0.2) is 4.79 Å². The number of hydrogen-bond donors (Lipinski definition) is 3. The maximum Gasteiger partial charge on any atom is 0.319 e. The molecule has 2 rings (SSSR count). The van der Waals surface area contributed by atoms with E-state index in [1.165, 1.54) is 0 Å². The van der Waals surface area contributed by atoms with Crippen molar-refractivity contribution in [3.8, 4) is 5.75 Å². The van der Waals surface area contributed by atoms with Crippen molar-refractivity contribution in [3.63, 3.8) is 0 Å². The van der Waals surface area contributed by atoms with Crippen LogP contribution >= 0.6 is 0 Å². The van der Waals surface area contributed by atoms with Gasteiger partial charge in [-0.15, -0.1) is 0 Å². The SMILES string of the molecule is Cc1ccccc1OCCCNC(=O)Nc1ccccc1C(N)=O. The molecule has 0 aliphatic rings. The summed E-state index contributed by atoms with van der Waals surface area (Å²) in [4.78, 5) is 23.2. The molecule has 0 atom stereocenters. The number of aryl methyl sites for hydroxylation is 1. The van der Waals surface area contributed by atoms with Gasteiger partial charge in [0.05, 0.1) is 17.9 Å². The van der Waals surface area contributed by atoms with Gasteiger partial charge in [0.15, 0.2) is 0 Å². The van der Waals surface area contributed by atoms with Gasteiger partial charge in [-0.1, -0.05) is 30.3 Å². The highest BCUT2D eigenvalue weighted by atomic mass is 16.5. The van der Waals surface area contributed by atoms with E-state index >= 15 is 0 Å². The van der Waals surface area contributed by atoms with Gasteiger partial charge in [0.1, 0.15) is 5.75 Å². The van der Waals surface area contributed by atoms with E-state index < -0.39 is 5.91 Å². The zero-order valence-electron chi connectivity index (χ0n) is 13.5. The molecule has 0 saturated heterocycles. The Hall–Kier alpha value is -3.02. The van der Waals surface area contributed by atoms with Crippen LogP contribution in [0.3, 0.4) is 0 Å². The smallest absolute Gasteiger partial charge is 0.319 e. The number of carbonyl (C=O) groups is 2. The Morgan fingerprint density at radius 1 is 1.08 bits per heavy atom. The summed E-state index contributed by atoms with van der Waals surface area (Å²) >= 11 is 0. The summed E-state index contributed by atoms with van der Waals surface area (Å²) in [6, 6.07) is 14.0. The molecule has 3 amide bonds. The summed E-state index contributed by atoms with van der Waals surface area (Å²) < 4.78 is 5.65. The summed E-state index contributed by atoms with van der Waals surface area (Å²) in [6.45, 7) is 2.94. The molecule has 0 fully saturated rings. The van der Waals surface area contributed by atoms with Crippen molar-refractivity contribution >= 4 is 17.6 Å². The van der Waals surface area contributed by atoms with Crippen LogP contribution in [0.4, 0.5) is 10.5 Å². The first-order valence-corrected chi connectivity index (χ1v) is 7.70. The fraction of sp³-hybridized carbons (Fsp3) is 0.222. The number of nitrogens with two attached hydrogens (primary N) is 1. The van der Waals surface area contributed by atoms with Gasteiger partial charge < -0.3 is 21.1 Å². The Morgan fingerprint density at radius 3 is 2.54 bits per heavy atom. The quantitative estimate of drug-likeness (QED) is 0.683. The minimum Gasteiger partial charge on any atom is -0.493 e. The Morgan fingerprint density at radius 2 is 1.79 bits per heavy atom. The number of benzene rings is 2. The Labute approximate surface area is 141 Å². The van der Waals surface area contributed by atoms with Gasteiger partial charge in [-0.3, -0.25) is 4.79 Å². The van der Waals surface area contributed by atoms with E-state index in [1.807, 2.05) is 31.2 Å². The first-order valence-electron chi connectivity index (χ1n) is 7.70. The van der Waals surface area contributed by atoms with Crippen LogP contribution in [0.2, 0.25) is 0 Å². The van der Waals surface area contributed by atoms with Crippen molar-refractivity contribution in [3.05, 3.63) is 59.7 Å². The van der Waals surface area contributed by atoms with E-state index in [9.17, 15) is 9.59 Å². The van der Waals surface area contributed by atoms with Gasteiger partial charge in [0.25, 0.3) is 5.91 Å². The molecule has 0 heterocycles. The fourth-order valence-corrected chi connectivity index (χ4v) is 2.15. The zero-order valence-corrected chi connectivity index (χ0v) is 13.5. The largest absolute Gasteiger partial charge is 0.493 e. The van der Waals surface area contributed by atoms with Gasteiger partial charge in [0.2, 0.25) is 0 Å². The molecule has 0 bridgehead atoms. The number of anilines is 1. The topological polar surface area (TPSA) is 93.4 Å². The molecule has 0 saturated carbocycles. The Kier molecular flexibility index (Phi) is 6.19. The molecule has 6 heteroatoms. The van der Waals surface area contributed by atoms with Crippen LogP contribution < -0.4 is 21.1 Å². The van der Waals surface area contributed by atoms with Crippen LogP contribution in [-0.4, -0.2) is 25.1 Å².